The van der Waals surface area contributed by atoms with Crippen LogP contribution in [0.2, 0.25) is 0 Å². The van der Waals surface area contributed by atoms with Crippen LogP contribution in [0.15, 0.2) is 39.3 Å². The standard InChI is InChI=1S/C21H25N5O5S/c1-3-26(11-17(27)22-16-9-10-32(28,29)13-16)12-18-23-24-21(30-18)19-14(2)31-25-20(19)15-7-5-4-6-8-15/h4-8,16H,3,9-13H2,1-2H3,(H,22,27). The van der Waals surface area contributed by atoms with Crippen LogP contribution in [0, 0.1) is 6.92 Å². The van der Waals surface area contributed by atoms with Crippen molar-refractivity contribution in [1.82, 2.24) is 25.6 Å². The normalized spacial score (nSPS) is 17.7. The van der Waals surface area contributed by atoms with Crippen LogP contribution >= 0.6 is 0 Å². The summed E-state index contributed by atoms with van der Waals surface area (Å²) in [5, 5.41) is 15.2. The van der Waals surface area contributed by atoms with E-state index >= 15 is 0 Å². The molecule has 0 aliphatic carbocycles. The number of sulfone groups is 1. The van der Waals surface area contributed by atoms with Gasteiger partial charge in [0.15, 0.2) is 9.84 Å². The summed E-state index contributed by atoms with van der Waals surface area (Å²) in [6.45, 7) is 4.67. The molecule has 0 saturated carbocycles. The molecule has 3 aromatic rings. The van der Waals surface area contributed by atoms with E-state index in [9.17, 15) is 13.2 Å². The first-order valence-electron chi connectivity index (χ1n) is 10.4. The highest BCUT2D eigenvalue weighted by Gasteiger charge is 2.29. The van der Waals surface area contributed by atoms with Crippen LogP contribution in [0.3, 0.4) is 0 Å². The quantitative estimate of drug-likeness (QED) is 0.536. The smallest absolute Gasteiger partial charge is 0.253 e. The second-order valence-electron chi connectivity index (χ2n) is 7.80. The molecular formula is C21H25N5O5S. The van der Waals surface area contributed by atoms with Gasteiger partial charge in [0, 0.05) is 11.6 Å². The van der Waals surface area contributed by atoms with Crippen molar-refractivity contribution in [2.45, 2.75) is 32.9 Å². The molecule has 1 amide bonds. The van der Waals surface area contributed by atoms with E-state index in [-0.39, 0.29) is 36.5 Å². The Hall–Kier alpha value is -3.05. The van der Waals surface area contributed by atoms with E-state index in [1.54, 1.807) is 6.92 Å². The van der Waals surface area contributed by atoms with Gasteiger partial charge in [0.05, 0.1) is 24.6 Å². The number of hydrogen-bond donors (Lipinski definition) is 1. The molecule has 1 N–H and O–H groups in total. The predicted molar refractivity (Wildman–Crippen MR) is 116 cm³/mol. The van der Waals surface area contributed by atoms with Crippen LogP contribution in [0.4, 0.5) is 0 Å². The second kappa shape index (κ2) is 9.21. The first kappa shape index (κ1) is 22.2. The zero-order valence-corrected chi connectivity index (χ0v) is 18.8. The minimum atomic E-state index is -3.04. The number of aryl methyl sites for hydroxylation is 1. The van der Waals surface area contributed by atoms with Crippen molar-refractivity contribution in [3.8, 4) is 22.7 Å². The van der Waals surface area contributed by atoms with Crippen molar-refractivity contribution in [2.24, 2.45) is 0 Å². The van der Waals surface area contributed by atoms with Crippen LogP contribution in [0.1, 0.15) is 25.0 Å². The van der Waals surface area contributed by atoms with Crippen molar-refractivity contribution in [3.05, 3.63) is 42.0 Å². The SMILES string of the molecule is CCN(CC(=O)NC1CCS(=O)(=O)C1)Cc1nnc(-c2c(-c3ccccc3)noc2C)o1. The number of amides is 1. The fourth-order valence-corrected chi connectivity index (χ4v) is 5.36. The Balaban J connectivity index is 1.43. The van der Waals surface area contributed by atoms with Gasteiger partial charge < -0.3 is 14.3 Å². The molecule has 2 aromatic heterocycles. The molecule has 0 spiro atoms. The molecule has 1 unspecified atom stereocenters. The lowest BCUT2D eigenvalue weighted by molar-refractivity contribution is -0.122. The monoisotopic (exact) mass is 459 g/mol. The zero-order valence-electron chi connectivity index (χ0n) is 17.9. The number of likely N-dealkylation sites (N-methyl/N-ethyl adjacent to an activating group) is 1. The van der Waals surface area contributed by atoms with Gasteiger partial charge in [0.1, 0.15) is 17.0 Å². The van der Waals surface area contributed by atoms with Crippen molar-refractivity contribution in [3.63, 3.8) is 0 Å². The summed E-state index contributed by atoms with van der Waals surface area (Å²) in [5.74, 6) is 1.12. The topological polar surface area (TPSA) is 131 Å². The van der Waals surface area contributed by atoms with Gasteiger partial charge >= 0.3 is 0 Å². The lowest BCUT2D eigenvalue weighted by atomic mass is 10.1. The van der Waals surface area contributed by atoms with Gasteiger partial charge in [-0.2, -0.15) is 0 Å². The lowest BCUT2D eigenvalue weighted by Gasteiger charge is -2.19. The van der Waals surface area contributed by atoms with E-state index in [0.29, 0.717) is 41.8 Å². The molecular weight excluding hydrogens is 434 g/mol. The maximum Gasteiger partial charge on any atom is 0.253 e. The Morgan fingerprint density at radius 1 is 1.25 bits per heavy atom. The minimum Gasteiger partial charge on any atom is -0.419 e. The van der Waals surface area contributed by atoms with Crippen molar-refractivity contribution >= 4 is 15.7 Å². The Kier molecular flexibility index (Phi) is 6.38. The molecule has 1 aliphatic rings. The first-order chi connectivity index (χ1) is 15.3. The molecule has 170 valence electrons. The van der Waals surface area contributed by atoms with Crippen LogP contribution in [-0.2, 0) is 21.2 Å². The van der Waals surface area contributed by atoms with Crippen molar-refractivity contribution in [1.29, 1.82) is 0 Å². The number of benzene rings is 1. The van der Waals surface area contributed by atoms with Crippen LogP contribution in [0.5, 0.6) is 0 Å². The van der Waals surface area contributed by atoms with E-state index in [2.05, 4.69) is 20.7 Å². The minimum absolute atomic E-state index is 0.000279. The van der Waals surface area contributed by atoms with Gasteiger partial charge in [-0.05, 0) is 19.9 Å². The number of aromatic nitrogens is 3. The molecule has 1 saturated heterocycles. The lowest BCUT2D eigenvalue weighted by Crippen LogP contribution is -2.42. The van der Waals surface area contributed by atoms with Crippen LogP contribution in [-0.4, -0.2) is 65.2 Å². The Morgan fingerprint density at radius 3 is 2.72 bits per heavy atom. The number of carbonyl (C=O) groups excluding carboxylic acids is 1. The fraction of sp³-hybridized carbons (Fsp3) is 0.429. The number of nitrogens with one attached hydrogen (secondary N) is 1. The average molecular weight is 460 g/mol. The number of hydrogen-bond acceptors (Lipinski definition) is 9. The average Bonchev–Trinajstić information content (AvgIpc) is 3.46. The van der Waals surface area contributed by atoms with Gasteiger partial charge in [-0.15, -0.1) is 10.2 Å². The molecule has 11 heteroatoms. The number of carbonyl (C=O) groups is 1. The molecule has 1 aromatic carbocycles. The van der Waals surface area contributed by atoms with Crippen LogP contribution in [0.25, 0.3) is 22.7 Å². The maximum absolute atomic E-state index is 12.4. The third-order valence-corrected chi connectivity index (χ3v) is 7.13. The van der Waals surface area contributed by atoms with Gasteiger partial charge in [-0.3, -0.25) is 9.69 Å². The molecule has 1 atom stereocenters. The van der Waals surface area contributed by atoms with Gasteiger partial charge in [-0.1, -0.05) is 42.4 Å². The summed E-state index contributed by atoms with van der Waals surface area (Å²) >= 11 is 0. The summed E-state index contributed by atoms with van der Waals surface area (Å²) in [6.07, 6.45) is 0.453. The van der Waals surface area contributed by atoms with E-state index < -0.39 is 9.84 Å². The number of nitrogens with zero attached hydrogens (tertiary/aromatic N) is 4. The van der Waals surface area contributed by atoms with Gasteiger partial charge in [0.25, 0.3) is 5.89 Å². The zero-order chi connectivity index (χ0) is 22.7. The molecule has 1 fully saturated rings. The third kappa shape index (κ3) is 5.05. The molecule has 10 nitrogen and oxygen atoms in total. The van der Waals surface area contributed by atoms with Crippen LogP contribution < -0.4 is 5.32 Å². The van der Waals surface area contributed by atoms with E-state index in [0.717, 1.165) is 5.56 Å². The Labute approximate surface area is 185 Å². The van der Waals surface area contributed by atoms with E-state index in [4.69, 9.17) is 8.94 Å². The highest BCUT2D eigenvalue weighted by atomic mass is 32.2. The highest BCUT2D eigenvalue weighted by molar-refractivity contribution is 7.91. The predicted octanol–water partition coefficient (Wildman–Crippen LogP) is 1.83. The number of rotatable bonds is 8. The Bertz CT molecular complexity index is 1190. The molecule has 4 rings (SSSR count). The summed E-state index contributed by atoms with van der Waals surface area (Å²) in [5.41, 5.74) is 2.13. The second-order valence-corrected chi connectivity index (χ2v) is 10.0. The van der Waals surface area contributed by atoms with Gasteiger partial charge in [-0.25, -0.2) is 8.42 Å². The summed E-state index contributed by atoms with van der Waals surface area (Å²) in [6, 6.07) is 9.26. The highest BCUT2D eigenvalue weighted by Crippen LogP contribution is 2.33. The molecule has 0 radical (unpaired) electrons. The van der Waals surface area contributed by atoms with E-state index in [1.807, 2.05) is 42.2 Å². The largest absolute Gasteiger partial charge is 0.419 e. The van der Waals surface area contributed by atoms with Gasteiger partial charge in [0.2, 0.25) is 11.8 Å². The fourth-order valence-electron chi connectivity index (χ4n) is 3.69. The van der Waals surface area contributed by atoms with E-state index in [1.165, 1.54) is 0 Å². The summed E-state index contributed by atoms with van der Waals surface area (Å²) in [7, 11) is -3.04. The van der Waals surface area contributed by atoms with Crippen molar-refractivity contribution < 1.29 is 22.2 Å². The summed E-state index contributed by atoms with van der Waals surface area (Å²) < 4.78 is 34.4. The Morgan fingerprint density at radius 2 is 2.03 bits per heavy atom. The van der Waals surface area contributed by atoms with Crippen molar-refractivity contribution in [2.75, 3.05) is 24.6 Å². The first-order valence-corrected chi connectivity index (χ1v) is 12.2. The molecule has 0 bridgehead atoms. The summed E-state index contributed by atoms with van der Waals surface area (Å²) in [4.78, 5) is 14.2. The molecule has 3 heterocycles. The molecule has 1 aliphatic heterocycles. The molecule has 32 heavy (non-hydrogen) atoms. The maximum atomic E-state index is 12.4. The third-order valence-electron chi connectivity index (χ3n) is 5.36.